The van der Waals surface area contributed by atoms with Crippen LogP contribution in [0.2, 0.25) is 0 Å². The third kappa shape index (κ3) is 5.88. The molecule has 0 saturated heterocycles. The van der Waals surface area contributed by atoms with Crippen LogP contribution in [0.25, 0.3) is 10.8 Å². The summed E-state index contributed by atoms with van der Waals surface area (Å²) in [6.45, 7) is 0.303. The second-order valence-corrected chi connectivity index (χ2v) is 9.19. The summed E-state index contributed by atoms with van der Waals surface area (Å²) in [5.41, 5.74) is -1.54. The number of benzene rings is 3. The smallest absolute Gasteiger partial charge is 0.305 e. The average molecular weight is 574 g/mol. The Kier molecular flexibility index (Phi) is 8.36. The minimum Gasteiger partial charge on any atom is -0.481 e. The van der Waals surface area contributed by atoms with E-state index in [1.54, 1.807) is 31.2 Å². The van der Waals surface area contributed by atoms with Crippen LogP contribution in [0.3, 0.4) is 0 Å². The Hall–Kier alpha value is -4.81. The molecule has 1 heterocycles. The molecular formula is C28H22F4N2O7. The number of amides is 1. The molecule has 1 aliphatic rings. The normalized spacial score (nSPS) is 17.0. The minimum absolute atomic E-state index is 0.0435. The van der Waals surface area contributed by atoms with Crippen molar-refractivity contribution < 1.29 is 51.4 Å². The van der Waals surface area contributed by atoms with Crippen molar-refractivity contribution in [2.75, 3.05) is 6.61 Å². The van der Waals surface area contributed by atoms with Crippen LogP contribution >= 0.6 is 0 Å². The number of carbonyl (C=O) groups is 4. The first-order valence-corrected chi connectivity index (χ1v) is 12.3. The first-order chi connectivity index (χ1) is 19.5. The highest BCUT2D eigenvalue weighted by molar-refractivity contribution is 6.48. The molecule has 2 N–H and O–H groups in total. The topological polar surface area (TPSA) is 131 Å². The Morgan fingerprint density at radius 1 is 1.05 bits per heavy atom. The molecule has 1 amide bonds. The fourth-order valence-corrected chi connectivity index (χ4v) is 4.28. The third-order valence-corrected chi connectivity index (χ3v) is 6.57. The number of hydrogen-bond acceptors (Lipinski definition) is 7. The molecule has 0 radical (unpaired) electrons. The van der Waals surface area contributed by atoms with Crippen molar-refractivity contribution in [3.63, 3.8) is 0 Å². The SMILES string of the molecule is CCC1(C(=O)N[C@@H](CC(=O)O)C(=O)COc2c(F)c(F)cc(F)c2F)CC(C(=O)c2cccc3ccccc23)=NO1. The monoisotopic (exact) mass is 574 g/mol. The van der Waals surface area contributed by atoms with Crippen LogP contribution in [0.15, 0.2) is 53.7 Å². The highest BCUT2D eigenvalue weighted by Gasteiger charge is 2.48. The van der Waals surface area contributed by atoms with Gasteiger partial charge in [-0.05, 0) is 17.2 Å². The molecule has 0 spiro atoms. The third-order valence-electron chi connectivity index (χ3n) is 6.57. The van der Waals surface area contributed by atoms with Gasteiger partial charge in [-0.25, -0.2) is 8.78 Å². The number of rotatable bonds is 11. The van der Waals surface area contributed by atoms with Crippen LogP contribution in [0, 0.1) is 23.3 Å². The lowest BCUT2D eigenvalue weighted by Crippen LogP contribution is -2.53. The molecule has 9 nitrogen and oxygen atoms in total. The summed E-state index contributed by atoms with van der Waals surface area (Å²) in [5, 5.41) is 16.7. The maximum atomic E-state index is 13.9. The van der Waals surface area contributed by atoms with Crippen LogP contribution in [0.1, 0.15) is 36.5 Å². The van der Waals surface area contributed by atoms with Gasteiger partial charge >= 0.3 is 5.97 Å². The largest absolute Gasteiger partial charge is 0.481 e. The Morgan fingerprint density at radius 3 is 2.37 bits per heavy atom. The van der Waals surface area contributed by atoms with E-state index < -0.39 is 77.1 Å². The van der Waals surface area contributed by atoms with Gasteiger partial charge in [0.2, 0.25) is 23.0 Å². The number of carbonyl (C=O) groups excluding carboxylic acids is 3. The van der Waals surface area contributed by atoms with Gasteiger partial charge in [0.25, 0.3) is 5.91 Å². The molecule has 0 saturated carbocycles. The maximum absolute atomic E-state index is 13.9. The van der Waals surface area contributed by atoms with Crippen LogP contribution in [0.4, 0.5) is 17.6 Å². The second-order valence-electron chi connectivity index (χ2n) is 9.19. The van der Waals surface area contributed by atoms with Crippen LogP contribution < -0.4 is 10.1 Å². The van der Waals surface area contributed by atoms with Gasteiger partial charge in [-0.1, -0.05) is 54.5 Å². The van der Waals surface area contributed by atoms with Gasteiger partial charge in [-0.3, -0.25) is 19.2 Å². The lowest BCUT2D eigenvalue weighted by Gasteiger charge is -2.26. The highest BCUT2D eigenvalue weighted by Crippen LogP contribution is 2.31. The van der Waals surface area contributed by atoms with Crippen molar-refractivity contribution >= 4 is 39.9 Å². The van der Waals surface area contributed by atoms with E-state index in [0.29, 0.717) is 10.9 Å². The zero-order valence-corrected chi connectivity index (χ0v) is 21.4. The summed E-state index contributed by atoms with van der Waals surface area (Å²) in [7, 11) is 0. The van der Waals surface area contributed by atoms with E-state index in [4.69, 9.17) is 4.84 Å². The van der Waals surface area contributed by atoms with E-state index >= 15 is 0 Å². The summed E-state index contributed by atoms with van der Waals surface area (Å²) in [4.78, 5) is 56.0. The Morgan fingerprint density at radius 2 is 1.71 bits per heavy atom. The number of ether oxygens (including phenoxy) is 1. The molecule has 3 aromatic carbocycles. The summed E-state index contributed by atoms with van der Waals surface area (Å²) >= 11 is 0. The van der Waals surface area contributed by atoms with Crippen molar-refractivity contribution in [3.8, 4) is 5.75 Å². The first-order valence-electron chi connectivity index (χ1n) is 12.3. The van der Waals surface area contributed by atoms with Crippen LogP contribution in [-0.2, 0) is 19.2 Å². The summed E-state index contributed by atoms with van der Waals surface area (Å²) < 4.78 is 59.3. The van der Waals surface area contributed by atoms with Crippen LogP contribution in [0.5, 0.6) is 5.75 Å². The molecule has 0 aliphatic carbocycles. The van der Waals surface area contributed by atoms with Crippen molar-refractivity contribution in [2.24, 2.45) is 5.16 Å². The molecule has 4 rings (SSSR count). The van der Waals surface area contributed by atoms with E-state index in [0.717, 1.165) is 5.39 Å². The molecule has 0 fully saturated rings. The predicted molar refractivity (Wildman–Crippen MR) is 135 cm³/mol. The van der Waals surface area contributed by atoms with Crippen molar-refractivity contribution in [3.05, 3.63) is 77.4 Å². The van der Waals surface area contributed by atoms with E-state index in [9.17, 15) is 41.8 Å². The van der Waals surface area contributed by atoms with E-state index in [-0.39, 0.29) is 24.6 Å². The number of oxime groups is 1. The number of aliphatic carboxylic acids is 1. The number of halogens is 4. The number of Topliss-reactive ketones (excluding diaryl/α,β-unsaturated/α-hetero) is 2. The van der Waals surface area contributed by atoms with Gasteiger partial charge in [-0.15, -0.1) is 0 Å². The van der Waals surface area contributed by atoms with Gasteiger partial charge < -0.3 is 20.0 Å². The van der Waals surface area contributed by atoms with Gasteiger partial charge in [-0.2, -0.15) is 8.78 Å². The molecule has 13 heteroatoms. The van der Waals surface area contributed by atoms with Gasteiger partial charge in [0.05, 0.1) is 6.42 Å². The van der Waals surface area contributed by atoms with Crippen molar-refractivity contribution in [1.29, 1.82) is 0 Å². The van der Waals surface area contributed by atoms with Gasteiger partial charge in [0, 0.05) is 18.1 Å². The zero-order valence-electron chi connectivity index (χ0n) is 21.4. The molecular weight excluding hydrogens is 552 g/mol. The highest BCUT2D eigenvalue weighted by atomic mass is 19.2. The summed E-state index contributed by atoms with van der Waals surface area (Å²) in [6, 6.07) is 10.4. The quantitative estimate of drug-likeness (QED) is 0.200. The summed E-state index contributed by atoms with van der Waals surface area (Å²) in [6.07, 6.45) is -1.32. The predicted octanol–water partition coefficient (Wildman–Crippen LogP) is 4.11. The van der Waals surface area contributed by atoms with Crippen molar-refractivity contribution in [1.82, 2.24) is 5.32 Å². The molecule has 1 aliphatic heterocycles. The number of hydrogen-bond donors (Lipinski definition) is 2. The molecule has 3 aromatic rings. The van der Waals surface area contributed by atoms with E-state index in [2.05, 4.69) is 15.2 Å². The average Bonchev–Trinajstić information content (AvgIpc) is 3.41. The number of nitrogens with one attached hydrogen (secondary N) is 1. The van der Waals surface area contributed by atoms with Crippen molar-refractivity contribution in [2.45, 2.75) is 37.8 Å². The molecule has 1 unspecified atom stereocenters. The minimum atomic E-state index is -1.90. The molecule has 41 heavy (non-hydrogen) atoms. The Labute approximate surface area is 229 Å². The lowest BCUT2D eigenvalue weighted by molar-refractivity contribution is -0.148. The summed E-state index contributed by atoms with van der Waals surface area (Å²) in [5.74, 6) is -13.1. The van der Waals surface area contributed by atoms with E-state index in [1.807, 2.05) is 18.2 Å². The fraction of sp³-hybridized carbons (Fsp3) is 0.250. The lowest BCUT2D eigenvalue weighted by atomic mass is 9.89. The molecule has 2 atom stereocenters. The molecule has 0 aromatic heterocycles. The maximum Gasteiger partial charge on any atom is 0.305 e. The number of fused-ring (bicyclic) bond motifs is 1. The van der Waals surface area contributed by atoms with Gasteiger partial charge in [0.15, 0.2) is 23.2 Å². The zero-order chi connectivity index (χ0) is 29.9. The Balaban J connectivity index is 1.49. The fourth-order valence-electron chi connectivity index (χ4n) is 4.28. The number of carboxylic acid groups (broad SMARTS) is 1. The number of carboxylic acids is 1. The number of nitrogens with zero attached hydrogens (tertiary/aromatic N) is 1. The second kappa shape index (κ2) is 11.7. The number of ketones is 2. The van der Waals surface area contributed by atoms with Gasteiger partial charge in [0.1, 0.15) is 18.4 Å². The Bertz CT molecular complexity index is 1560. The first kappa shape index (κ1) is 29.2. The van der Waals surface area contributed by atoms with E-state index in [1.165, 1.54) is 0 Å². The standard InChI is InChI=1S/C28H22F4N2O7/c1-2-28(12-20(34-41-28)25(38)16-9-5-7-14-6-3-4-8-15(14)16)27(39)33-19(11-22(36)37)21(35)13-40-26-23(31)17(29)10-18(30)24(26)32/h3-10,19H,2,11-13H2,1H3,(H,33,39)(H,36,37)/t19-,28?/m0/s1. The molecule has 0 bridgehead atoms. The van der Waals surface area contributed by atoms with Crippen LogP contribution in [-0.4, -0.2) is 52.5 Å². The molecule has 214 valence electrons.